The van der Waals surface area contributed by atoms with E-state index >= 15 is 0 Å². The normalized spacial score (nSPS) is 23.1. The van der Waals surface area contributed by atoms with Gasteiger partial charge in [0.15, 0.2) is 11.7 Å². The Bertz CT molecular complexity index is 452. The van der Waals surface area contributed by atoms with Crippen molar-refractivity contribution in [2.45, 2.75) is 44.4 Å². The molecule has 2 rings (SSSR count). The number of rotatable bonds is 5. The summed E-state index contributed by atoms with van der Waals surface area (Å²) in [6, 6.07) is 1.98. The second-order valence-corrected chi connectivity index (χ2v) is 7.00. The van der Waals surface area contributed by atoms with E-state index in [1.807, 2.05) is 17.8 Å². The Hall–Kier alpha value is -1.17. The number of hydrogen-bond acceptors (Lipinski definition) is 4. The summed E-state index contributed by atoms with van der Waals surface area (Å²) in [5, 5.41) is 10.6. The molecule has 1 atom stereocenters. The van der Waals surface area contributed by atoms with Crippen LogP contribution in [0.1, 0.15) is 38.1 Å². The van der Waals surface area contributed by atoms with Gasteiger partial charge >= 0.3 is 0 Å². The standard InChI is InChI=1S/C14H24N4OS/c1-4-11-8-12(19-18-11)9-16-13(15-3)17-10-14(2)6-5-7-20-14/h8H,4-7,9-10H2,1-3H3,(H2,15,16,17). The van der Waals surface area contributed by atoms with E-state index in [1.54, 1.807) is 7.05 Å². The van der Waals surface area contributed by atoms with E-state index in [0.29, 0.717) is 11.3 Å². The fourth-order valence-electron chi connectivity index (χ4n) is 2.24. The molecule has 1 fully saturated rings. The molecule has 5 nitrogen and oxygen atoms in total. The topological polar surface area (TPSA) is 62.5 Å². The van der Waals surface area contributed by atoms with Crippen LogP contribution in [0.3, 0.4) is 0 Å². The summed E-state index contributed by atoms with van der Waals surface area (Å²) in [6.07, 6.45) is 3.47. The second-order valence-electron chi connectivity index (χ2n) is 5.32. The fraction of sp³-hybridized carbons (Fsp3) is 0.714. The summed E-state index contributed by atoms with van der Waals surface area (Å²) < 4.78 is 5.58. The monoisotopic (exact) mass is 296 g/mol. The van der Waals surface area contributed by atoms with Crippen molar-refractivity contribution in [3.8, 4) is 0 Å². The molecular weight excluding hydrogens is 272 g/mol. The number of nitrogens with zero attached hydrogens (tertiary/aromatic N) is 2. The molecule has 0 amide bonds. The van der Waals surface area contributed by atoms with Gasteiger partial charge in [-0.15, -0.1) is 0 Å². The fourth-order valence-corrected chi connectivity index (χ4v) is 3.49. The average Bonchev–Trinajstić information content (AvgIpc) is 3.08. The van der Waals surface area contributed by atoms with Crippen LogP contribution in [0.4, 0.5) is 0 Å². The van der Waals surface area contributed by atoms with Crippen molar-refractivity contribution in [1.29, 1.82) is 0 Å². The third kappa shape index (κ3) is 4.16. The van der Waals surface area contributed by atoms with Crippen molar-refractivity contribution in [2.75, 3.05) is 19.3 Å². The van der Waals surface area contributed by atoms with E-state index < -0.39 is 0 Å². The molecule has 0 radical (unpaired) electrons. The van der Waals surface area contributed by atoms with Crippen LogP contribution in [0.5, 0.6) is 0 Å². The number of aryl methyl sites for hydroxylation is 1. The van der Waals surface area contributed by atoms with Crippen molar-refractivity contribution in [3.05, 3.63) is 17.5 Å². The highest BCUT2D eigenvalue weighted by Crippen LogP contribution is 2.36. The van der Waals surface area contributed by atoms with Gasteiger partial charge in [0.25, 0.3) is 0 Å². The van der Waals surface area contributed by atoms with E-state index in [0.717, 1.165) is 30.4 Å². The maximum absolute atomic E-state index is 5.25. The Balaban J connectivity index is 1.77. The Labute approximate surface area is 125 Å². The Morgan fingerprint density at radius 3 is 3.00 bits per heavy atom. The number of aromatic nitrogens is 1. The van der Waals surface area contributed by atoms with Crippen LogP contribution in [-0.4, -0.2) is 35.2 Å². The van der Waals surface area contributed by atoms with E-state index in [2.05, 4.69) is 34.6 Å². The number of aliphatic imine (C=N–C) groups is 1. The van der Waals surface area contributed by atoms with Crippen molar-refractivity contribution in [2.24, 2.45) is 4.99 Å². The van der Waals surface area contributed by atoms with E-state index in [-0.39, 0.29) is 0 Å². The number of hydrogen-bond donors (Lipinski definition) is 2. The van der Waals surface area contributed by atoms with E-state index in [4.69, 9.17) is 4.52 Å². The van der Waals surface area contributed by atoms with Gasteiger partial charge in [0.1, 0.15) is 0 Å². The zero-order valence-corrected chi connectivity index (χ0v) is 13.3. The highest BCUT2D eigenvalue weighted by Gasteiger charge is 2.29. The highest BCUT2D eigenvalue weighted by atomic mass is 32.2. The first kappa shape index (κ1) is 15.2. The zero-order chi connectivity index (χ0) is 14.4. The Kier molecular flexibility index (Phi) is 5.34. The maximum Gasteiger partial charge on any atom is 0.191 e. The highest BCUT2D eigenvalue weighted by molar-refractivity contribution is 8.00. The minimum atomic E-state index is 0.333. The zero-order valence-electron chi connectivity index (χ0n) is 12.5. The second kappa shape index (κ2) is 7.02. The number of thioether (sulfide) groups is 1. The third-order valence-corrected chi connectivity index (χ3v) is 5.09. The molecule has 0 bridgehead atoms. The van der Waals surface area contributed by atoms with Crippen LogP contribution in [0.15, 0.2) is 15.6 Å². The molecular formula is C14H24N4OS. The third-order valence-electron chi connectivity index (χ3n) is 3.55. The minimum Gasteiger partial charge on any atom is -0.359 e. The maximum atomic E-state index is 5.25. The lowest BCUT2D eigenvalue weighted by Crippen LogP contribution is -2.43. The van der Waals surface area contributed by atoms with Crippen LogP contribution in [0, 0.1) is 0 Å². The lowest BCUT2D eigenvalue weighted by atomic mass is 10.1. The van der Waals surface area contributed by atoms with E-state index in [1.165, 1.54) is 18.6 Å². The van der Waals surface area contributed by atoms with Gasteiger partial charge in [-0.2, -0.15) is 11.8 Å². The van der Waals surface area contributed by atoms with Crippen LogP contribution in [0.2, 0.25) is 0 Å². The molecule has 2 N–H and O–H groups in total. The SMILES string of the molecule is CCc1cc(CNC(=NC)NCC2(C)CCCS2)on1. The molecule has 1 aliphatic rings. The Morgan fingerprint density at radius 2 is 2.40 bits per heavy atom. The summed E-state index contributed by atoms with van der Waals surface area (Å²) in [6.45, 7) is 5.93. The van der Waals surface area contributed by atoms with Gasteiger partial charge in [-0.25, -0.2) is 0 Å². The first-order chi connectivity index (χ1) is 9.65. The van der Waals surface area contributed by atoms with Gasteiger partial charge in [-0.05, 0) is 31.9 Å². The lowest BCUT2D eigenvalue weighted by Gasteiger charge is -2.24. The van der Waals surface area contributed by atoms with Gasteiger partial charge < -0.3 is 15.2 Å². The van der Waals surface area contributed by atoms with Crippen LogP contribution in [-0.2, 0) is 13.0 Å². The molecule has 1 aromatic rings. The predicted molar refractivity (Wildman–Crippen MR) is 84.2 cm³/mol. The summed E-state index contributed by atoms with van der Waals surface area (Å²) in [4.78, 5) is 4.25. The smallest absolute Gasteiger partial charge is 0.191 e. The quantitative estimate of drug-likeness (QED) is 0.644. The molecule has 0 aliphatic carbocycles. The van der Waals surface area contributed by atoms with Crippen molar-refractivity contribution < 1.29 is 4.52 Å². The molecule has 1 unspecified atom stereocenters. The largest absolute Gasteiger partial charge is 0.359 e. The number of guanidine groups is 1. The van der Waals surface area contributed by atoms with Gasteiger partial charge in [0, 0.05) is 24.4 Å². The van der Waals surface area contributed by atoms with Crippen LogP contribution in [0.25, 0.3) is 0 Å². The Morgan fingerprint density at radius 1 is 1.55 bits per heavy atom. The average molecular weight is 296 g/mol. The van der Waals surface area contributed by atoms with Gasteiger partial charge in [0.05, 0.1) is 12.2 Å². The van der Waals surface area contributed by atoms with Gasteiger partial charge in [0.2, 0.25) is 0 Å². The summed E-state index contributed by atoms with van der Waals surface area (Å²) in [5.41, 5.74) is 0.986. The molecule has 1 aliphatic heterocycles. The summed E-state index contributed by atoms with van der Waals surface area (Å²) in [5.74, 6) is 2.92. The molecule has 112 valence electrons. The first-order valence-corrected chi connectivity index (χ1v) is 8.17. The number of nitrogens with one attached hydrogen (secondary N) is 2. The molecule has 20 heavy (non-hydrogen) atoms. The van der Waals surface area contributed by atoms with Gasteiger partial charge in [-0.1, -0.05) is 12.1 Å². The van der Waals surface area contributed by atoms with Gasteiger partial charge in [-0.3, -0.25) is 4.99 Å². The molecule has 6 heteroatoms. The minimum absolute atomic E-state index is 0.333. The summed E-state index contributed by atoms with van der Waals surface area (Å²) in [7, 11) is 1.79. The van der Waals surface area contributed by atoms with Crippen molar-refractivity contribution in [3.63, 3.8) is 0 Å². The van der Waals surface area contributed by atoms with Crippen molar-refractivity contribution >= 4 is 17.7 Å². The summed E-state index contributed by atoms with van der Waals surface area (Å²) >= 11 is 2.04. The first-order valence-electron chi connectivity index (χ1n) is 7.18. The molecule has 0 saturated carbocycles. The van der Waals surface area contributed by atoms with Crippen molar-refractivity contribution in [1.82, 2.24) is 15.8 Å². The molecule has 1 aromatic heterocycles. The molecule has 2 heterocycles. The van der Waals surface area contributed by atoms with E-state index in [9.17, 15) is 0 Å². The van der Waals surface area contributed by atoms with Crippen LogP contribution < -0.4 is 10.6 Å². The molecule has 1 saturated heterocycles. The predicted octanol–water partition coefficient (Wildman–Crippen LogP) is 2.19. The molecule has 0 aromatic carbocycles. The lowest BCUT2D eigenvalue weighted by molar-refractivity contribution is 0.374. The van der Waals surface area contributed by atoms with Crippen LogP contribution >= 0.6 is 11.8 Å². The molecule has 0 spiro atoms.